The molecule has 0 N–H and O–H groups in total. The van der Waals surface area contributed by atoms with Gasteiger partial charge in [0.25, 0.3) is 0 Å². The molecule has 0 aliphatic heterocycles. The minimum Gasteiger partial charge on any atom is -0.207 e. The van der Waals surface area contributed by atoms with Gasteiger partial charge in [-0.1, -0.05) is 19.1 Å². The predicted molar refractivity (Wildman–Crippen MR) is 56.7 cm³/mol. The minimum atomic E-state index is -0.873. The smallest absolute Gasteiger partial charge is 0.133 e. The van der Waals surface area contributed by atoms with Gasteiger partial charge < -0.3 is 0 Å². The van der Waals surface area contributed by atoms with Crippen molar-refractivity contribution in [2.75, 3.05) is 0 Å². The highest BCUT2D eigenvalue weighted by Gasteiger charge is 2.31. The maximum atomic E-state index is 13.6. The first-order chi connectivity index (χ1) is 7.53. The van der Waals surface area contributed by atoms with Gasteiger partial charge in [0.2, 0.25) is 0 Å². The van der Waals surface area contributed by atoms with Crippen LogP contribution in [0.15, 0.2) is 24.3 Å². The average molecular weight is 226 g/mol. The molecule has 3 heteroatoms. The number of hydrogen-bond acceptors (Lipinski definition) is 0. The van der Waals surface area contributed by atoms with Crippen molar-refractivity contribution in [1.29, 1.82) is 0 Å². The van der Waals surface area contributed by atoms with Crippen LogP contribution in [0.5, 0.6) is 0 Å². The zero-order valence-electron chi connectivity index (χ0n) is 9.06. The molecule has 0 spiro atoms. The molecule has 86 valence electrons. The van der Waals surface area contributed by atoms with Crippen LogP contribution in [0.4, 0.5) is 13.2 Å². The lowest BCUT2D eigenvalue weighted by atomic mass is 9.75. The topological polar surface area (TPSA) is 0 Å². The van der Waals surface area contributed by atoms with E-state index in [0.29, 0.717) is 6.42 Å². The van der Waals surface area contributed by atoms with E-state index in [2.05, 4.69) is 0 Å². The summed E-state index contributed by atoms with van der Waals surface area (Å²) in [5, 5.41) is 0. The van der Waals surface area contributed by atoms with Crippen LogP contribution in [0.25, 0.3) is 0 Å². The largest absolute Gasteiger partial charge is 0.207 e. The van der Waals surface area contributed by atoms with Crippen LogP contribution < -0.4 is 0 Å². The van der Waals surface area contributed by atoms with Crippen LogP contribution >= 0.6 is 0 Å². The lowest BCUT2D eigenvalue weighted by molar-refractivity contribution is 0.430. The maximum absolute atomic E-state index is 13.6. The van der Waals surface area contributed by atoms with Gasteiger partial charge in [-0.25, -0.2) is 13.2 Å². The van der Waals surface area contributed by atoms with E-state index in [9.17, 15) is 13.2 Å². The summed E-state index contributed by atoms with van der Waals surface area (Å²) in [5.74, 6) is -2.47. The fourth-order valence-corrected chi connectivity index (χ4v) is 2.31. The molecule has 0 radical (unpaired) electrons. The SMILES string of the molecule is C[C@]1(c2c(F)cc(F)cc2F)C=CCCC1. The summed E-state index contributed by atoms with van der Waals surface area (Å²) < 4.78 is 40.1. The molecule has 1 atom stereocenters. The molecule has 0 saturated heterocycles. The number of benzene rings is 1. The van der Waals surface area contributed by atoms with E-state index in [4.69, 9.17) is 0 Å². The molecule has 16 heavy (non-hydrogen) atoms. The number of halogens is 3. The third-order valence-corrected chi connectivity index (χ3v) is 3.13. The molecule has 0 heterocycles. The van der Waals surface area contributed by atoms with Crippen molar-refractivity contribution in [3.05, 3.63) is 47.3 Å². The quantitative estimate of drug-likeness (QED) is 0.632. The molecule has 0 aromatic heterocycles. The van der Waals surface area contributed by atoms with Crippen LogP contribution in [-0.4, -0.2) is 0 Å². The van der Waals surface area contributed by atoms with Crippen LogP contribution in [0.2, 0.25) is 0 Å². The first-order valence-electron chi connectivity index (χ1n) is 5.36. The van der Waals surface area contributed by atoms with Gasteiger partial charge in [-0.15, -0.1) is 0 Å². The third kappa shape index (κ3) is 1.86. The van der Waals surface area contributed by atoms with Crippen LogP contribution in [0, 0.1) is 17.5 Å². The van der Waals surface area contributed by atoms with Gasteiger partial charge in [0.15, 0.2) is 0 Å². The summed E-state index contributed by atoms with van der Waals surface area (Å²) in [6, 6.07) is 1.48. The van der Waals surface area contributed by atoms with Crippen molar-refractivity contribution in [3.8, 4) is 0 Å². The van der Waals surface area contributed by atoms with Crippen LogP contribution in [-0.2, 0) is 5.41 Å². The molecule has 0 bridgehead atoms. The Morgan fingerprint density at radius 1 is 1.12 bits per heavy atom. The van der Waals surface area contributed by atoms with Gasteiger partial charge in [-0.3, -0.25) is 0 Å². The summed E-state index contributed by atoms with van der Waals surface area (Å²) in [4.78, 5) is 0. The standard InChI is InChI=1S/C13H13F3/c1-13(5-3-2-4-6-13)12-10(15)7-9(14)8-11(12)16/h3,5,7-8H,2,4,6H2,1H3/t13-/m0/s1. The van der Waals surface area contributed by atoms with E-state index in [1.165, 1.54) is 0 Å². The highest BCUT2D eigenvalue weighted by Crippen LogP contribution is 2.37. The van der Waals surface area contributed by atoms with Crippen molar-refractivity contribution in [2.45, 2.75) is 31.6 Å². The second kappa shape index (κ2) is 3.96. The molecule has 1 aromatic rings. The van der Waals surface area contributed by atoms with Gasteiger partial charge in [0.05, 0.1) is 0 Å². The van der Waals surface area contributed by atoms with E-state index < -0.39 is 22.9 Å². The summed E-state index contributed by atoms with van der Waals surface area (Å²) in [5.41, 5.74) is -0.676. The molecule has 0 unspecified atom stereocenters. The van der Waals surface area contributed by atoms with Gasteiger partial charge in [-0.05, 0) is 19.3 Å². The molecule has 1 aromatic carbocycles. The van der Waals surface area contributed by atoms with Crippen molar-refractivity contribution >= 4 is 0 Å². The second-order valence-electron chi connectivity index (χ2n) is 4.46. The Balaban J connectivity index is 2.55. The van der Waals surface area contributed by atoms with E-state index in [0.717, 1.165) is 25.0 Å². The Bertz CT molecular complexity index is 414. The molecule has 2 rings (SSSR count). The van der Waals surface area contributed by atoms with Crippen LogP contribution in [0.3, 0.4) is 0 Å². The van der Waals surface area contributed by atoms with Crippen molar-refractivity contribution < 1.29 is 13.2 Å². The fraction of sp³-hybridized carbons (Fsp3) is 0.385. The maximum Gasteiger partial charge on any atom is 0.133 e. The first kappa shape index (κ1) is 11.2. The molecule has 0 amide bonds. The van der Waals surface area contributed by atoms with Crippen LogP contribution in [0.1, 0.15) is 31.7 Å². The lowest BCUT2D eigenvalue weighted by Crippen LogP contribution is -2.24. The predicted octanol–water partition coefficient (Wildman–Crippen LogP) is 4.10. The summed E-state index contributed by atoms with van der Waals surface area (Å²) in [6.07, 6.45) is 6.24. The zero-order chi connectivity index (χ0) is 11.8. The minimum absolute atomic E-state index is 0.0233. The van der Waals surface area contributed by atoms with E-state index in [1.54, 1.807) is 6.92 Å². The van der Waals surface area contributed by atoms with Gasteiger partial charge in [0.1, 0.15) is 17.5 Å². The molecular weight excluding hydrogens is 213 g/mol. The number of rotatable bonds is 1. The second-order valence-corrected chi connectivity index (χ2v) is 4.46. The van der Waals surface area contributed by atoms with Gasteiger partial charge in [0, 0.05) is 23.1 Å². The molecule has 0 saturated carbocycles. The van der Waals surface area contributed by atoms with E-state index in [-0.39, 0.29) is 5.56 Å². The average Bonchev–Trinajstić information content (AvgIpc) is 2.16. The Morgan fingerprint density at radius 3 is 2.25 bits per heavy atom. The molecule has 0 nitrogen and oxygen atoms in total. The van der Waals surface area contributed by atoms with E-state index >= 15 is 0 Å². The normalized spacial score (nSPS) is 24.8. The Morgan fingerprint density at radius 2 is 1.75 bits per heavy atom. The lowest BCUT2D eigenvalue weighted by Gasteiger charge is -2.30. The monoisotopic (exact) mass is 226 g/mol. The number of hydrogen-bond donors (Lipinski definition) is 0. The Kier molecular flexibility index (Phi) is 2.78. The van der Waals surface area contributed by atoms with Gasteiger partial charge >= 0.3 is 0 Å². The number of allylic oxidation sites excluding steroid dienone is 2. The highest BCUT2D eigenvalue weighted by atomic mass is 19.1. The van der Waals surface area contributed by atoms with E-state index in [1.807, 2.05) is 12.2 Å². The van der Waals surface area contributed by atoms with Crippen molar-refractivity contribution in [2.24, 2.45) is 0 Å². The zero-order valence-corrected chi connectivity index (χ0v) is 9.06. The highest BCUT2D eigenvalue weighted by molar-refractivity contribution is 5.34. The van der Waals surface area contributed by atoms with Gasteiger partial charge in [-0.2, -0.15) is 0 Å². The Hall–Kier alpha value is -1.25. The summed E-state index contributed by atoms with van der Waals surface area (Å²) >= 11 is 0. The molecule has 1 aliphatic carbocycles. The molecular formula is C13H13F3. The molecule has 0 fully saturated rings. The third-order valence-electron chi connectivity index (χ3n) is 3.13. The fourth-order valence-electron chi connectivity index (χ4n) is 2.31. The Labute approximate surface area is 92.8 Å². The summed E-state index contributed by atoms with van der Waals surface area (Å²) in [6.45, 7) is 1.78. The molecule has 1 aliphatic rings. The summed E-state index contributed by atoms with van der Waals surface area (Å²) in [7, 11) is 0. The first-order valence-corrected chi connectivity index (χ1v) is 5.36. The van der Waals surface area contributed by atoms with Crippen molar-refractivity contribution in [1.82, 2.24) is 0 Å². The van der Waals surface area contributed by atoms with Crippen molar-refractivity contribution in [3.63, 3.8) is 0 Å².